The normalized spacial score (nSPS) is 29.6. The van der Waals surface area contributed by atoms with Gasteiger partial charge in [0.25, 0.3) is 5.91 Å². The molecule has 3 aliphatic carbocycles. The molecule has 1 aromatic rings. The fraction of sp³-hybridized carbons (Fsp3) is 0.727. The lowest BCUT2D eigenvalue weighted by atomic mass is 9.69. The summed E-state index contributed by atoms with van der Waals surface area (Å²) in [5, 5.41) is 3.83. The molecule has 0 radical (unpaired) electrons. The summed E-state index contributed by atoms with van der Waals surface area (Å²) in [6.07, 6.45) is 8.80. The highest BCUT2D eigenvalue weighted by Gasteiger charge is 2.43. The van der Waals surface area contributed by atoms with E-state index in [1.54, 1.807) is 11.3 Å². The number of carbonyl (C=O) groups is 2. The van der Waals surface area contributed by atoms with Crippen LogP contribution >= 0.6 is 11.3 Å². The Morgan fingerprint density at radius 3 is 2.59 bits per heavy atom. The van der Waals surface area contributed by atoms with Gasteiger partial charge in [-0.1, -0.05) is 33.6 Å². The Balaban J connectivity index is 1.57. The van der Waals surface area contributed by atoms with Crippen LogP contribution in [0.5, 0.6) is 0 Å². The predicted octanol–water partition coefficient (Wildman–Crippen LogP) is 4.76. The van der Waals surface area contributed by atoms with Gasteiger partial charge < -0.3 is 11.1 Å². The van der Waals surface area contributed by atoms with Crippen molar-refractivity contribution < 1.29 is 9.59 Å². The Labute approximate surface area is 166 Å². The standard InChI is InChI=1S/C22H32N2O2S/c1-4-22(2,3)14-7-8-15-17(11-14)27-21(18(15)19(23)25)24-20(26)16-10-12-5-6-13(16)9-12/h12-14,16H,4-11H2,1-3H3,(H2,23,25)(H,24,26). The molecule has 2 amide bonds. The van der Waals surface area contributed by atoms with E-state index in [2.05, 4.69) is 26.1 Å². The highest BCUT2D eigenvalue weighted by molar-refractivity contribution is 7.17. The van der Waals surface area contributed by atoms with Crippen LogP contribution in [0.3, 0.4) is 0 Å². The van der Waals surface area contributed by atoms with Gasteiger partial charge in [-0.05, 0) is 67.3 Å². The third-order valence-electron chi connectivity index (χ3n) is 7.84. The van der Waals surface area contributed by atoms with Crippen molar-refractivity contribution in [3.63, 3.8) is 0 Å². The number of amides is 2. The Morgan fingerprint density at radius 1 is 1.22 bits per heavy atom. The van der Waals surface area contributed by atoms with E-state index in [9.17, 15) is 9.59 Å². The molecule has 2 bridgehead atoms. The minimum Gasteiger partial charge on any atom is -0.365 e. The van der Waals surface area contributed by atoms with Crippen LogP contribution in [-0.2, 0) is 17.6 Å². The molecule has 5 heteroatoms. The molecule has 0 aromatic carbocycles. The van der Waals surface area contributed by atoms with Crippen LogP contribution in [0.4, 0.5) is 5.00 Å². The monoisotopic (exact) mass is 388 g/mol. The lowest BCUT2D eigenvalue weighted by Gasteiger charge is -2.36. The van der Waals surface area contributed by atoms with Crippen molar-refractivity contribution in [2.75, 3.05) is 5.32 Å². The number of fused-ring (bicyclic) bond motifs is 3. The number of rotatable bonds is 5. The summed E-state index contributed by atoms with van der Waals surface area (Å²) >= 11 is 1.60. The molecule has 27 heavy (non-hydrogen) atoms. The van der Waals surface area contributed by atoms with E-state index in [0.717, 1.165) is 43.6 Å². The smallest absolute Gasteiger partial charge is 0.251 e. The van der Waals surface area contributed by atoms with E-state index in [1.807, 2.05) is 0 Å². The first-order chi connectivity index (χ1) is 12.8. The molecule has 4 nitrogen and oxygen atoms in total. The summed E-state index contributed by atoms with van der Waals surface area (Å²) in [6, 6.07) is 0. The average molecular weight is 389 g/mol. The van der Waals surface area contributed by atoms with Crippen LogP contribution < -0.4 is 11.1 Å². The van der Waals surface area contributed by atoms with Crippen LogP contribution in [0.25, 0.3) is 0 Å². The van der Waals surface area contributed by atoms with Crippen LogP contribution in [0.2, 0.25) is 0 Å². The van der Waals surface area contributed by atoms with E-state index in [1.165, 1.54) is 24.1 Å². The summed E-state index contributed by atoms with van der Waals surface area (Å²) in [5.74, 6) is 1.71. The van der Waals surface area contributed by atoms with E-state index in [-0.39, 0.29) is 11.8 Å². The Bertz CT molecular complexity index is 767. The van der Waals surface area contributed by atoms with Gasteiger partial charge in [0.05, 0.1) is 5.56 Å². The van der Waals surface area contributed by atoms with Crippen LogP contribution in [0, 0.1) is 29.1 Å². The second-order valence-corrected chi connectivity index (χ2v) is 10.7. The average Bonchev–Trinajstić information content (AvgIpc) is 3.34. The second kappa shape index (κ2) is 6.91. The zero-order chi connectivity index (χ0) is 19.3. The summed E-state index contributed by atoms with van der Waals surface area (Å²) in [7, 11) is 0. The molecule has 1 heterocycles. The number of carbonyl (C=O) groups excluding carboxylic acids is 2. The quantitative estimate of drug-likeness (QED) is 0.763. The molecule has 3 N–H and O–H groups in total. The van der Waals surface area contributed by atoms with Crippen molar-refractivity contribution in [2.24, 2.45) is 34.8 Å². The number of hydrogen-bond donors (Lipinski definition) is 2. The maximum absolute atomic E-state index is 12.9. The van der Waals surface area contributed by atoms with Gasteiger partial charge in [-0.25, -0.2) is 0 Å². The molecule has 0 aliphatic heterocycles. The predicted molar refractivity (Wildman–Crippen MR) is 110 cm³/mol. The van der Waals surface area contributed by atoms with Gasteiger partial charge in [0, 0.05) is 10.8 Å². The molecule has 0 saturated heterocycles. The first-order valence-electron chi connectivity index (χ1n) is 10.5. The largest absolute Gasteiger partial charge is 0.365 e. The van der Waals surface area contributed by atoms with Crippen LogP contribution in [0.1, 0.15) is 80.1 Å². The van der Waals surface area contributed by atoms with Gasteiger partial charge in [-0.3, -0.25) is 9.59 Å². The molecule has 4 unspecified atom stereocenters. The van der Waals surface area contributed by atoms with Crippen molar-refractivity contribution in [2.45, 2.75) is 72.1 Å². The minimum absolute atomic E-state index is 0.105. The third kappa shape index (κ3) is 3.32. The summed E-state index contributed by atoms with van der Waals surface area (Å²) in [4.78, 5) is 26.4. The maximum atomic E-state index is 12.9. The molecule has 4 atom stereocenters. The van der Waals surface area contributed by atoms with Gasteiger partial charge in [0.15, 0.2) is 0 Å². The number of nitrogens with two attached hydrogens (primary N) is 1. The molecule has 2 saturated carbocycles. The fourth-order valence-corrected chi connectivity index (χ4v) is 7.00. The molecule has 2 fully saturated rings. The van der Waals surface area contributed by atoms with Gasteiger partial charge in [0.1, 0.15) is 5.00 Å². The molecule has 148 valence electrons. The molecule has 3 aliphatic rings. The van der Waals surface area contributed by atoms with E-state index < -0.39 is 5.91 Å². The molecule has 4 rings (SSSR count). The summed E-state index contributed by atoms with van der Waals surface area (Å²) < 4.78 is 0. The van der Waals surface area contributed by atoms with E-state index in [4.69, 9.17) is 5.73 Å². The maximum Gasteiger partial charge on any atom is 0.251 e. The SMILES string of the molecule is CCC(C)(C)C1CCc2c(sc(NC(=O)C3CC4CCC3C4)c2C(N)=O)C1. The molecule has 1 aromatic heterocycles. The minimum atomic E-state index is -0.399. The van der Waals surface area contributed by atoms with Gasteiger partial charge >= 0.3 is 0 Å². The van der Waals surface area contributed by atoms with Crippen molar-refractivity contribution >= 4 is 28.2 Å². The Kier molecular flexibility index (Phi) is 4.86. The number of anilines is 1. The first-order valence-corrected chi connectivity index (χ1v) is 11.4. The highest BCUT2D eigenvalue weighted by atomic mass is 32.1. The van der Waals surface area contributed by atoms with Gasteiger partial charge in [-0.15, -0.1) is 11.3 Å². The summed E-state index contributed by atoms with van der Waals surface area (Å²) in [6.45, 7) is 6.92. The molecular weight excluding hydrogens is 356 g/mol. The van der Waals surface area contributed by atoms with Crippen LogP contribution in [0.15, 0.2) is 0 Å². The third-order valence-corrected chi connectivity index (χ3v) is 9.01. The van der Waals surface area contributed by atoms with Gasteiger partial charge in [0.2, 0.25) is 5.91 Å². The molecule has 0 spiro atoms. The lowest BCUT2D eigenvalue weighted by Crippen LogP contribution is -2.29. The van der Waals surface area contributed by atoms with Crippen molar-refractivity contribution in [3.8, 4) is 0 Å². The van der Waals surface area contributed by atoms with E-state index >= 15 is 0 Å². The summed E-state index contributed by atoms with van der Waals surface area (Å²) in [5.41, 5.74) is 7.71. The topological polar surface area (TPSA) is 72.2 Å². The number of hydrogen-bond acceptors (Lipinski definition) is 3. The number of primary amides is 1. The zero-order valence-corrected chi connectivity index (χ0v) is 17.6. The number of nitrogens with one attached hydrogen (secondary N) is 1. The second-order valence-electron chi connectivity index (χ2n) is 9.62. The van der Waals surface area contributed by atoms with Gasteiger partial charge in [-0.2, -0.15) is 0 Å². The number of thiophene rings is 1. The van der Waals surface area contributed by atoms with Crippen LogP contribution in [-0.4, -0.2) is 11.8 Å². The zero-order valence-electron chi connectivity index (χ0n) is 16.8. The molecular formula is C22H32N2O2S. The fourth-order valence-electron chi connectivity index (χ4n) is 5.66. The Morgan fingerprint density at radius 2 is 2.00 bits per heavy atom. The first kappa shape index (κ1) is 19.0. The van der Waals surface area contributed by atoms with Crippen molar-refractivity contribution in [1.29, 1.82) is 0 Å². The van der Waals surface area contributed by atoms with Crippen molar-refractivity contribution in [3.05, 3.63) is 16.0 Å². The van der Waals surface area contributed by atoms with E-state index in [0.29, 0.717) is 27.8 Å². The van der Waals surface area contributed by atoms with Crippen molar-refractivity contribution in [1.82, 2.24) is 0 Å². The lowest BCUT2D eigenvalue weighted by molar-refractivity contribution is -0.121. The Hall–Kier alpha value is -1.36. The highest BCUT2D eigenvalue weighted by Crippen LogP contribution is 2.49.